The zero-order valence-electron chi connectivity index (χ0n) is 11.2. The van der Waals surface area contributed by atoms with E-state index in [-0.39, 0.29) is 6.61 Å². The molecule has 0 saturated heterocycles. The number of para-hydroxylation sites is 1. The molecule has 19 heavy (non-hydrogen) atoms. The lowest BCUT2D eigenvalue weighted by Crippen LogP contribution is -2.37. The van der Waals surface area contributed by atoms with Crippen molar-refractivity contribution in [2.24, 2.45) is 0 Å². The van der Waals surface area contributed by atoms with Gasteiger partial charge in [-0.2, -0.15) is 0 Å². The Hall–Kier alpha value is -1.50. The molecule has 1 fully saturated rings. The van der Waals surface area contributed by atoms with Crippen LogP contribution in [0.5, 0.6) is 5.75 Å². The van der Waals surface area contributed by atoms with E-state index in [4.69, 9.17) is 11.2 Å². The lowest BCUT2D eigenvalue weighted by atomic mass is 10.0. The maximum absolute atomic E-state index is 10.3. The van der Waals surface area contributed by atoms with Crippen LogP contribution in [0.2, 0.25) is 0 Å². The Morgan fingerprint density at radius 1 is 1.32 bits per heavy atom. The summed E-state index contributed by atoms with van der Waals surface area (Å²) in [6.45, 7) is 1.60. The van der Waals surface area contributed by atoms with Crippen LogP contribution in [-0.4, -0.2) is 23.9 Å². The van der Waals surface area contributed by atoms with Crippen LogP contribution in [0.1, 0.15) is 31.2 Å². The monoisotopic (exact) mass is 259 g/mol. The quantitative estimate of drug-likeness (QED) is 0.769. The molecule has 1 aromatic rings. The van der Waals surface area contributed by atoms with E-state index >= 15 is 0 Å². The number of hydrogen-bond donors (Lipinski definition) is 2. The van der Waals surface area contributed by atoms with E-state index in [0.717, 1.165) is 37.0 Å². The SMILES string of the molecule is C#CCOc1ccccc1CNCC1(O)CCCC1. The van der Waals surface area contributed by atoms with E-state index in [1.54, 1.807) is 0 Å². The van der Waals surface area contributed by atoms with E-state index in [1.807, 2.05) is 24.3 Å². The summed E-state index contributed by atoms with van der Waals surface area (Å²) < 4.78 is 5.50. The number of nitrogens with one attached hydrogen (secondary N) is 1. The fourth-order valence-corrected chi connectivity index (χ4v) is 2.55. The largest absolute Gasteiger partial charge is 0.481 e. The van der Waals surface area contributed by atoms with Crippen molar-refractivity contribution in [3.8, 4) is 18.1 Å². The van der Waals surface area contributed by atoms with Gasteiger partial charge in [-0.25, -0.2) is 0 Å². The summed E-state index contributed by atoms with van der Waals surface area (Å²) in [5.74, 6) is 3.28. The molecule has 0 radical (unpaired) electrons. The van der Waals surface area contributed by atoms with Crippen molar-refractivity contribution in [1.82, 2.24) is 5.32 Å². The molecule has 0 aromatic heterocycles. The van der Waals surface area contributed by atoms with Crippen LogP contribution in [0.25, 0.3) is 0 Å². The van der Waals surface area contributed by atoms with Gasteiger partial charge in [-0.1, -0.05) is 37.0 Å². The second-order valence-corrected chi connectivity index (χ2v) is 5.14. The van der Waals surface area contributed by atoms with Gasteiger partial charge in [0.25, 0.3) is 0 Å². The van der Waals surface area contributed by atoms with Gasteiger partial charge in [0.05, 0.1) is 5.60 Å². The zero-order chi connectivity index (χ0) is 13.6. The van der Waals surface area contributed by atoms with Crippen molar-refractivity contribution in [2.45, 2.75) is 37.8 Å². The smallest absolute Gasteiger partial charge is 0.148 e. The lowest BCUT2D eigenvalue weighted by molar-refractivity contribution is 0.0474. The summed E-state index contributed by atoms with van der Waals surface area (Å²) in [6.07, 6.45) is 9.25. The molecule has 0 heterocycles. The Kier molecular flexibility index (Phi) is 4.84. The number of aliphatic hydroxyl groups is 1. The number of terminal acetylenes is 1. The molecule has 2 rings (SSSR count). The van der Waals surface area contributed by atoms with Crippen LogP contribution in [0.15, 0.2) is 24.3 Å². The Balaban J connectivity index is 1.87. The summed E-state index contributed by atoms with van der Waals surface area (Å²) >= 11 is 0. The minimum absolute atomic E-state index is 0.279. The average molecular weight is 259 g/mol. The van der Waals surface area contributed by atoms with E-state index in [1.165, 1.54) is 0 Å². The van der Waals surface area contributed by atoms with E-state index < -0.39 is 5.60 Å². The predicted molar refractivity (Wildman–Crippen MR) is 75.9 cm³/mol. The van der Waals surface area contributed by atoms with Gasteiger partial charge in [-0.05, 0) is 18.9 Å². The predicted octanol–water partition coefficient (Wildman–Crippen LogP) is 2.09. The maximum Gasteiger partial charge on any atom is 0.148 e. The third kappa shape index (κ3) is 3.99. The fraction of sp³-hybridized carbons (Fsp3) is 0.500. The lowest BCUT2D eigenvalue weighted by Gasteiger charge is -2.22. The molecule has 0 atom stereocenters. The van der Waals surface area contributed by atoms with Gasteiger partial charge in [0.15, 0.2) is 0 Å². The standard InChI is InChI=1S/C16H21NO2/c1-2-11-19-15-8-4-3-7-14(15)12-17-13-16(18)9-5-6-10-16/h1,3-4,7-8,17-18H,5-6,9-13H2. The Morgan fingerprint density at radius 2 is 2.05 bits per heavy atom. The van der Waals surface area contributed by atoms with Gasteiger partial charge in [-0.15, -0.1) is 6.42 Å². The van der Waals surface area contributed by atoms with Gasteiger partial charge in [0.2, 0.25) is 0 Å². The summed E-state index contributed by atoms with van der Waals surface area (Å²) in [4.78, 5) is 0. The molecular weight excluding hydrogens is 238 g/mol. The summed E-state index contributed by atoms with van der Waals surface area (Å²) in [6, 6.07) is 7.83. The molecule has 1 aromatic carbocycles. The maximum atomic E-state index is 10.3. The molecule has 0 aliphatic heterocycles. The fourth-order valence-electron chi connectivity index (χ4n) is 2.55. The highest BCUT2D eigenvalue weighted by Gasteiger charge is 2.30. The van der Waals surface area contributed by atoms with Crippen LogP contribution in [-0.2, 0) is 6.54 Å². The molecule has 0 amide bonds. The van der Waals surface area contributed by atoms with Crippen LogP contribution in [0, 0.1) is 12.3 Å². The Bertz CT molecular complexity index is 444. The van der Waals surface area contributed by atoms with Crippen molar-refractivity contribution in [1.29, 1.82) is 0 Å². The summed E-state index contributed by atoms with van der Waals surface area (Å²) in [5, 5.41) is 13.6. The molecule has 102 valence electrons. The number of hydrogen-bond acceptors (Lipinski definition) is 3. The van der Waals surface area contributed by atoms with Gasteiger partial charge in [0, 0.05) is 18.7 Å². The highest BCUT2D eigenvalue weighted by Crippen LogP contribution is 2.28. The molecule has 3 heteroatoms. The van der Waals surface area contributed by atoms with E-state index in [2.05, 4.69) is 11.2 Å². The molecule has 3 nitrogen and oxygen atoms in total. The van der Waals surface area contributed by atoms with Crippen LogP contribution in [0.3, 0.4) is 0 Å². The Morgan fingerprint density at radius 3 is 2.79 bits per heavy atom. The first kappa shape index (κ1) is 13.9. The molecule has 1 aliphatic carbocycles. The minimum atomic E-state index is -0.519. The first-order valence-corrected chi connectivity index (χ1v) is 6.81. The topological polar surface area (TPSA) is 41.5 Å². The molecule has 0 unspecified atom stereocenters. The molecule has 0 spiro atoms. The highest BCUT2D eigenvalue weighted by atomic mass is 16.5. The van der Waals surface area contributed by atoms with E-state index in [9.17, 15) is 5.11 Å². The number of benzene rings is 1. The molecule has 1 aliphatic rings. The number of rotatable bonds is 6. The van der Waals surface area contributed by atoms with Crippen molar-refractivity contribution >= 4 is 0 Å². The normalized spacial score (nSPS) is 17.1. The third-order valence-corrected chi connectivity index (χ3v) is 3.59. The summed E-state index contributed by atoms with van der Waals surface area (Å²) in [5.41, 5.74) is 0.550. The minimum Gasteiger partial charge on any atom is -0.481 e. The van der Waals surface area contributed by atoms with E-state index in [0.29, 0.717) is 13.1 Å². The second-order valence-electron chi connectivity index (χ2n) is 5.14. The van der Waals surface area contributed by atoms with Crippen LogP contribution >= 0.6 is 0 Å². The molecular formula is C16H21NO2. The second kappa shape index (κ2) is 6.60. The van der Waals surface area contributed by atoms with Gasteiger partial charge in [-0.3, -0.25) is 0 Å². The molecule has 0 bridgehead atoms. The van der Waals surface area contributed by atoms with Crippen molar-refractivity contribution < 1.29 is 9.84 Å². The van der Waals surface area contributed by atoms with Crippen LogP contribution < -0.4 is 10.1 Å². The number of ether oxygens (including phenoxy) is 1. The Labute approximate surface area is 115 Å². The van der Waals surface area contributed by atoms with Gasteiger partial charge < -0.3 is 15.2 Å². The van der Waals surface area contributed by atoms with Crippen molar-refractivity contribution in [3.63, 3.8) is 0 Å². The van der Waals surface area contributed by atoms with Crippen molar-refractivity contribution in [2.75, 3.05) is 13.2 Å². The zero-order valence-corrected chi connectivity index (χ0v) is 11.2. The molecule has 2 N–H and O–H groups in total. The summed E-state index contributed by atoms with van der Waals surface area (Å²) in [7, 11) is 0. The van der Waals surface area contributed by atoms with Crippen molar-refractivity contribution in [3.05, 3.63) is 29.8 Å². The first-order valence-electron chi connectivity index (χ1n) is 6.81. The average Bonchev–Trinajstić information content (AvgIpc) is 2.85. The third-order valence-electron chi connectivity index (χ3n) is 3.59. The first-order chi connectivity index (χ1) is 9.23. The highest BCUT2D eigenvalue weighted by molar-refractivity contribution is 5.33. The van der Waals surface area contributed by atoms with Gasteiger partial charge in [0.1, 0.15) is 12.4 Å². The van der Waals surface area contributed by atoms with Crippen LogP contribution in [0.4, 0.5) is 0 Å². The molecule has 1 saturated carbocycles. The van der Waals surface area contributed by atoms with Gasteiger partial charge >= 0.3 is 0 Å².